The van der Waals surface area contributed by atoms with E-state index in [-0.39, 0.29) is 5.54 Å². The van der Waals surface area contributed by atoms with Crippen molar-refractivity contribution in [1.82, 2.24) is 14.5 Å². The highest BCUT2D eigenvalue weighted by Gasteiger charge is 2.51. The van der Waals surface area contributed by atoms with Crippen LogP contribution in [0.4, 0.5) is 23.0 Å². The van der Waals surface area contributed by atoms with Gasteiger partial charge in [0.2, 0.25) is 0 Å². The summed E-state index contributed by atoms with van der Waals surface area (Å²) in [5, 5.41) is 17.0. The maximum absolute atomic E-state index is 11.6. The average molecular weight is 538 g/mol. The van der Waals surface area contributed by atoms with Crippen LogP contribution in [-0.2, 0) is 16.6 Å². The van der Waals surface area contributed by atoms with Gasteiger partial charge in [-0.15, -0.1) is 0 Å². The van der Waals surface area contributed by atoms with E-state index >= 15 is 0 Å². The first kappa shape index (κ1) is 25.9. The summed E-state index contributed by atoms with van der Waals surface area (Å²) >= 11 is 0. The molecule has 4 aliphatic carbocycles. The third-order valence-electron chi connectivity index (χ3n) is 8.72. The molecule has 206 valence electrons. The Morgan fingerprint density at radius 2 is 1.88 bits per heavy atom. The second-order valence-electron chi connectivity index (χ2n) is 11.6. The molecule has 4 saturated carbocycles. The van der Waals surface area contributed by atoms with E-state index < -0.39 is 5.97 Å². The normalized spacial score (nSPS) is 24.7. The minimum Gasteiger partial charge on any atom is -0.463 e. The fourth-order valence-electron chi connectivity index (χ4n) is 7.40. The Hall–Kier alpha value is -4.32. The van der Waals surface area contributed by atoms with E-state index in [1.165, 1.54) is 25.3 Å². The van der Waals surface area contributed by atoms with Gasteiger partial charge in [-0.3, -0.25) is 0 Å². The van der Waals surface area contributed by atoms with Crippen LogP contribution in [0.15, 0.2) is 42.6 Å². The smallest absolute Gasteiger partial charge is 0.330 e. The minimum absolute atomic E-state index is 0.0213. The molecule has 4 aliphatic rings. The Labute approximate surface area is 234 Å². The molecule has 2 aromatic heterocycles. The third-order valence-corrected chi connectivity index (χ3v) is 8.72. The van der Waals surface area contributed by atoms with Crippen molar-refractivity contribution in [2.75, 3.05) is 23.0 Å². The van der Waals surface area contributed by atoms with Gasteiger partial charge in [0, 0.05) is 30.4 Å². The predicted molar refractivity (Wildman–Crippen MR) is 155 cm³/mol. The molecule has 3 aromatic rings. The number of pyridine rings is 1. The van der Waals surface area contributed by atoms with E-state index in [4.69, 9.17) is 15.5 Å². The molecule has 0 amide bonds. The maximum atomic E-state index is 11.6. The number of carbonyl (C=O) groups is 1. The lowest BCUT2D eigenvalue weighted by atomic mass is 9.53. The first-order valence-electron chi connectivity index (χ1n) is 14.1. The molecule has 0 aliphatic heterocycles. The third kappa shape index (κ3) is 5.02. The zero-order valence-electron chi connectivity index (χ0n) is 23.0. The summed E-state index contributed by atoms with van der Waals surface area (Å²) in [6.07, 6.45) is 12.3. The highest BCUT2D eigenvalue weighted by atomic mass is 16.5. The zero-order valence-corrected chi connectivity index (χ0v) is 23.0. The molecule has 9 heteroatoms. The largest absolute Gasteiger partial charge is 0.463 e. The van der Waals surface area contributed by atoms with Gasteiger partial charge in [0.05, 0.1) is 24.2 Å². The van der Waals surface area contributed by atoms with E-state index in [9.17, 15) is 10.1 Å². The standard InChI is InChI=1S/C31H35N7O2/c1-3-40-29(39)9-8-28-34-18-26(38(28)2)22-4-6-23(7-5-22)35-27-13-25(33)24(17-32)30(36-27)37-31-14-19-10-20(15-31)12-21(11-19)16-31/h4-9,13,18-21H,3,10-12,14-16H2,1-2H3,(H4,33,35,36,37)/b9-8+. The summed E-state index contributed by atoms with van der Waals surface area (Å²) < 4.78 is 6.86. The lowest BCUT2D eigenvalue weighted by molar-refractivity contribution is -0.137. The number of nitrogens with one attached hydrogen (secondary N) is 2. The topological polar surface area (TPSA) is 131 Å². The fraction of sp³-hybridized carbons (Fsp3) is 0.419. The Morgan fingerprint density at radius 3 is 2.50 bits per heavy atom. The second kappa shape index (κ2) is 10.3. The van der Waals surface area contributed by atoms with E-state index in [0.717, 1.165) is 54.0 Å². The number of anilines is 4. The number of hydrogen-bond acceptors (Lipinski definition) is 8. The van der Waals surface area contributed by atoms with E-state index in [2.05, 4.69) is 21.7 Å². The van der Waals surface area contributed by atoms with E-state index in [0.29, 0.717) is 35.3 Å². The number of nitrogens with zero attached hydrogens (tertiary/aromatic N) is 4. The highest BCUT2D eigenvalue weighted by Crippen LogP contribution is 2.56. The van der Waals surface area contributed by atoms with Crippen LogP contribution in [0.5, 0.6) is 0 Å². The van der Waals surface area contributed by atoms with Crippen LogP contribution in [-0.4, -0.2) is 32.7 Å². The number of benzene rings is 1. The van der Waals surface area contributed by atoms with E-state index in [1.807, 2.05) is 35.9 Å². The van der Waals surface area contributed by atoms with Crippen molar-refractivity contribution in [3.8, 4) is 17.3 Å². The average Bonchev–Trinajstić information content (AvgIpc) is 3.27. The fourth-order valence-corrected chi connectivity index (χ4v) is 7.40. The van der Waals surface area contributed by atoms with Crippen molar-refractivity contribution < 1.29 is 9.53 Å². The number of ether oxygens (including phenoxy) is 1. The predicted octanol–water partition coefficient (Wildman–Crippen LogP) is 5.64. The molecule has 2 heterocycles. The number of carbonyl (C=O) groups excluding carboxylic acids is 1. The molecule has 0 unspecified atom stereocenters. The first-order valence-corrected chi connectivity index (χ1v) is 14.1. The van der Waals surface area contributed by atoms with Crippen LogP contribution in [0.1, 0.15) is 56.8 Å². The van der Waals surface area contributed by atoms with Gasteiger partial charge < -0.3 is 25.7 Å². The summed E-state index contributed by atoms with van der Waals surface area (Å²) in [6, 6.07) is 11.9. The number of rotatable bonds is 8. The van der Waals surface area contributed by atoms with Gasteiger partial charge in [-0.05, 0) is 87.0 Å². The number of esters is 1. The van der Waals surface area contributed by atoms with Crippen molar-refractivity contribution in [3.63, 3.8) is 0 Å². The van der Waals surface area contributed by atoms with E-state index in [1.54, 1.807) is 25.3 Å². The molecular weight excluding hydrogens is 502 g/mol. The Morgan fingerprint density at radius 1 is 1.20 bits per heavy atom. The number of aromatic nitrogens is 3. The Kier molecular flexibility index (Phi) is 6.70. The number of imidazole rings is 1. The molecule has 40 heavy (non-hydrogen) atoms. The molecule has 0 radical (unpaired) electrons. The van der Waals surface area contributed by atoms with Crippen LogP contribution >= 0.6 is 0 Å². The molecule has 0 atom stereocenters. The number of hydrogen-bond donors (Lipinski definition) is 3. The molecular formula is C31H35N7O2. The van der Waals surface area contributed by atoms with Gasteiger partial charge >= 0.3 is 5.97 Å². The van der Waals surface area contributed by atoms with Gasteiger partial charge in [0.1, 0.15) is 29.1 Å². The van der Waals surface area contributed by atoms with Gasteiger partial charge in [-0.1, -0.05) is 12.1 Å². The van der Waals surface area contributed by atoms with Gasteiger partial charge in [0.15, 0.2) is 0 Å². The summed E-state index contributed by atoms with van der Waals surface area (Å²) in [5.41, 5.74) is 9.95. The van der Waals surface area contributed by atoms with Crippen molar-refractivity contribution in [3.05, 3.63) is 54.0 Å². The molecule has 7 rings (SSSR count). The van der Waals surface area contributed by atoms with Crippen molar-refractivity contribution in [2.24, 2.45) is 24.8 Å². The molecule has 1 aromatic carbocycles. The van der Waals surface area contributed by atoms with Gasteiger partial charge in [0.25, 0.3) is 0 Å². The highest BCUT2D eigenvalue weighted by molar-refractivity contribution is 5.86. The van der Waals surface area contributed by atoms with Crippen molar-refractivity contribution >= 4 is 35.1 Å². The summed E-state index contributed by atoms with van der Waals surface area (Å²) in [7, 11) is 1.90. The van der Waals surface area contributed by atoms with Crippen LogP contribution < -0.4 is 16.4 Å². The molecule has 4 fully saturated rings. The maximum Gasteiger partial charge on any atom is 0.330 e. The molecule has 4 N–H and O–H groups in total. The number of nitrogen functional groups attached to an aromatic ring is 1. The monoisotopic (exact) mass is 537 g/mol. The lowest BCUT2D eigenvalue weighted by Gasteiger charge is -2.57. The van der Waals surface area contributed by atoms with Crippen LogP contribution in [0.25, 0.3) is 17.3 Å². The first-order chi connectivity index (χ1) is 19.3. The summed E-state index contributed by atoms with van der Waals surface area (Å²) in [4.78, 5) is 20.9. The second-order valence-corrected chi connectivity index (χ2v) is 11.6. The Bertz CT molecular complexity index is 1460. The summed E-state index contributed by atoms with van der Waals surface area (Å²) in [6.45, 7) is 2.11. The molecule has 0 spiro atoms. The zero-order chi connectivity index (χ0) is 27.9. The van der Waals surface area contributed by atoms with Crippen LogP contribution in [0.2, 0.25) is 0 Å². The van der Waals surface area contributed by atoms with Crippen molar-refractivity contribution in [1.29, 1.82) is 5.26 Å². The van der Waals surface area contributed by atoms with Gasteiger partial charge in [-0.25, -0.2) is 14.8 Å². The summed E-state index contributed by atoms with van der Waals surface area (Å²) in [5.74, 6) is 3.80. The van der Waals surface area contributed by atoms with Crippen molar-refractivity contribution in [2.45, 2.75) is 51.0 Å². The quantitative estimate of drug-likeness (QED) is 0.249. The lowest BCUT2D eigenvalue weighted by Crippen LogP contribution is -2.55. The molecule has 0 saturated heterocycles. The molecule has 9 nitrogen and oxygen atoms in total. The minimum atomic E-state index is -0.393. The number of nitriles is 1. The van der Waals surface area contributed by atoms with Crippen LogP contribution in [0, 0.1) is 29.1 Å². The van der Waals surface area contributed by atoms with Crippen LogP contribution in [0.3, 0.4) is 0 Å². The number of nitrogens with two attached hydrogens (primary N) is 1. The molecule has 4 bridgehead atoms. The Balaban J connectivity index is 1.19. The van der Waals surface area contributed by atoms with Gasteiger partial charge in [-0.2, -0.15) is 5.26 Å². The SMILES string of the molecule is CCOC(=O)/C=C/c1ncc(-c2ccc(Nc3cc(N)c(C#N)c(NC45CC6CC(CC(C6)C4)C5)n3)cc2)n1C.